The summed E-state index contributed by atoms with van der Waals surface area (Å²) in [5, 5.41) is 10.8. The van der Waals surface area contributed by atoms with Gasteiger partial charge in [0.2, 0.25) is 22.4 Å². The summed E-state index contributed by atoms with van der Waals surface area (Å²) in [5.41, 5.74) is 1.68. The minimum Gasteiger partial charge on any atom is -0.464 e. The molecule has 0 bridgehead atoms. The van der Waals surface area contributed by atoms with Crippen molar-refractivity contribution in [2.75, 3.05) is 12.4 Å². The van der Waals surface area contributed by atoms with Gasteiger partial charge in [-0.25, -0.2) is 19.6 Å². The standard InChI is InChI=1S/C39H40BrN5O8/c1-38(2,3)30(35-44-29(31(40)52-35)34-42-27(19-51-34)36(48)50-7)45-32(46)26(43-37(49)53-39(4,5)6)18-20-15-16-25-24(17-20)28(33(47)41-25)23-14-10-12-21-11-8-9-13-22(21)23/h8-17,19,26,28,30H,18H2,1-7H3,(H,41,47)(H,43,49)(H,45,46). The highest BCUT2D eigenvalue weighted by molar-refractivity contribution is 9.10. The first-order valence-electron chi connectivity index (χ1n) is 16.9. The lowest BCUT2D eigenvalue weighted by Gasteiger charge is -2.31. The summed E-state index contributed by atoms with van der Waals surface area (Å²) in [7, 11) is 1.23. The van der Waals surface area contributed by atoms with E-state index < -0.39 is 47.0 Å². The summed E-state index contributed by atoms with van der Waals surface area (Å²) in [6.45, 7) is 10.9. The lowest BCUT2D eigenvalue weighted by atomic mass is 9.86. The second-order valence-corrected chi connectivity index (χ2v) is 15.5. The van der Waals surface area contributed by atoms with Crippen molar-refractivity contribution in [3.63, 3.8) is 0 Å². The summed E-state index contributed by atoms with van der Waals surface area (Å²) < 4.78 is 21.8. The number of aromatic nitrogens is 2. The van der Waals surface area contributed by atoms with E-state index in [0.717, 1.165) is 28.2 Å². The van der Waals surface area contributed by atoms with Crippen molar-refractivity contribution in [1.82, 2.24) is 20.6 Å². The highest BCUT2D eigenvalue weighted by atomic mass is 79.9. The number of hydrogen-bond acceptors (Lipinski definition) is 10. The van der Waals surface area contributed by atoms with Crippen molar-refractivity contribution in [1.29, 1.82) is 0 Å². The Morgan fingerprint density at radius 1 is 0.962 bits per heavy atom. The van der Waals surface area contributed by atoms with Crippen LogP contribution in [0.5, 0.6) is 0 Å². The van der Waals surface area contributed by atoms with E-state index in [1.54, 1.807) is 20.8 Å². The molecule has 1 aliphatic heterocycles. The van der Waals surface area contributed by atoms with Crippen LogP contribution in [0.3, 0.4) is 0 Å². The van der Waals surface area contributed by atoms with Crippen LogP contribution in [-0.4, -0.2) is 52.6 Å². The van der Waals surface area contributed by atoms with Gasteiger partial charge in [0.05, 0.1) is 13.0 Å². The second kappa shape index (κ2) is 14.5. The van der Waals surface area contributed by atoms with Gasteiger partial charge in [-0.15, -0.1) is 0 Å². The van der Waals surface area contributed by atoms with Crippen LogP contribution in [-0.2, 0) is 25.5 Å². The smallest absolute Gasteiger partial charge is 0.408 e. The number of esters is 1. The van der Waals surface area contributed by atoms with E-state index in [2.05, 4.69) is 41.8 Å². The first kappa shape index (κ1) is 37.3. The Hall–Kier alpha value is -5.50. The fourth-order valence-electron chi connectivity index (χ4n) is 6.19. The molecule has 0 saturated carbocycles. The lowest BCUT2D eigenvalue weighted by molar-refractivity contribution is -0.125. The second-order valence-electron chi connectivity index (χ2n) is 14.8. The monoisotopic (exact) mass is 785 g/mol. The third-order valence-electron chi connectivity index (χ3n) is 8.63. The van der Waals surface area contributed by atoms with Crippen LogP contribution < -0.4 is 16.0 Å². The SMILES string of the molecule is COC(=O)c1coc(-c2nc(C(NC(=O)C(Cc3ccc4c(c3)C(c3cccc5ccccc35)C(=O)N4)NC(=O)OC(C)(C)C)C(C)(C)C)oc2Br)n1. The van der Waals surface area contributed by atoms with Gasteiger partial charge in [-0.2, -0.15) is 0 Å². The zero-order valence-electron chi connectivity index (χ0n) is 30.3. The molecule has 5 aromatic rings. The number of carbonyl (C=O) groups excluding carboxylic acids is 4. The van der Waals surface area contributed by atoms with Crippen molar-refractivity contribution in [3.05, 3.63) is 99.9 Å². The van der Waals surface area contributed by atoms with Crippen LogP contribution in [0.25, 0.3) is 22.4 Å². The Labute approximate surface area is 314 Å². The maximum atomic E-state index is 14.3. The van der Waals surface area contributed by atoms with E-state index in [0.29, 0.717) is 11.3 Å². The number of methoxy groups -OCH3 is 1. The number of fused-ring (bicyclic) bond motifs is 2. The Balaban J connectivity index is 1.31. The predicted molar refractivity (Wildman–Crippen MR) is 199 cm³/mol. The molecule has 3 amide bonds. The van der Waals surface area contributed by atoms with Crippen LogP contribution >= 0.6 is 15.9 Å². The van der Waals surface area contributed by atoms with Crippen molar-refractivity contribution in [2.24, 2.45) is 5.41 Å². The number of amides is 3. The van der Waals surface area contributed by atoms with Gasteiger partial charge >= 0.3 is 12.1 Å². The van der Waals surface area contributed by atoms with E-state index >= 15 is 0 Å². The number of ether oxygens (including phenoxy) is 2. The third-order valence-corrected chi connectivity index (χ3v) is 9.17. The van der Waals surface area contributed by atoms with Crippen molar-refractivity contribution in [3.8, 4) is 11.6 Å². The normalized spacial score (nSPS) is 15.3. The molecule has 0 radical (unpaired) electrons. The van der Waals surface area contributed by atoms with Crippen LogP contribution in [0, 0.1) is 5.41 Å². The molecule has 0 spiro atoms. The van der Waals surface area contributed by atoms with Crippen LogP contribution in [0.4, 0.5) is 10.5 Å². The van der Waals surface area contributed by atoms with Gasteiger partial charge in [0.1, 0.15) is 23.9 Å². The fourth-order valence-corrected chi connectivity index (χ4v) is 6.61. The Morgan fingerprint density at radius 2 is 1.70 bits per heavy atom. The molecule has 14 heteroatoms. The van der Waals surface area contributed by atoms with E-state index in [1.807, 2.05) is 81.4 Å². The number of alkyl carbamates (subject to hydrolysis) is 1. The summed E-state index contributed by atoms with van der Waals surface area (Å²) in [6.07, 6.45) is 0.439. The lowest BCUT2D eigenvalue weighted by Crippen LogP contribution is -2.51. The molecule has 6 rings (SSSR count). The molecule has 276 valence electrons. The zero-order chi connectivity index (χ0) is 38.2. The molecule has 53 heavy (non-hydrogen) atoms. The molecule has 2 aromatic heterocycles. The van der Waals surface area contributed by atoms with E-state index in [-0.39, 0.29) is 40.2 Å². The summed E-state index contributed by atoms with van der Waals surface area (Å²) in [6, 6.07) is 17.4. The third kappa shape index (κ3) is 8.12. The van der Waals surface area contributed by atoms with Gasteiger partial charge in [0.15, 0.2) is 11.4 Å². The first-order valence-corrected chi connectivity index (χ1v) is 17.7. The molecule has 1 aliphatic rings. The van der Waals surface area contributed by atoms with Gasteiger partial charge in [0, 0.05) is 12.1 Å². The minimum absolute atomic E-state index is 0.00196. The first-order chi connectivity index (χ1) is 25.0. The van der Waals surface area contributed by atoms with Gasteiger partial charge in [-0.1, -0.05) is 75.4 Å². The average Bonchev–Trinajstić information content (AvgIpc) is 3.81. The molecular weight excluding hydrogens is 746 g/mol. The van der Waals surface area contributed by atoms with Crippen LogP contribution in [0.1, 0.15) is 86.6 Å². The largest absolute Gasteiger partial charge is 0.464 e. The number of rotatable bonds is 9. The number of halogens is 1. The summed E-state index contributed by atoms with van der Waals surface area (Å²) >= 11 is 3.36. The van der Waals surface area contributed by atoms with Crippen LogP contribution in [0.15, 0.2) is 80.4 Å². The molecule has 3 atom stereocenters. The molecule has 3 aromatic carbocycles. The Bertz CT molecular complexity index is 2210. The van der Waals surface area contributed by atoms with E-state index in [1.165, 1.54) is 7.11 Å². The number of anilines is 1. The summed E-state index contributed by atoms with van der Waals surface area (Å²) in [5.74, 6) is -1.80. The van der Waals surface area contributed by atoms with Gasteiger partial charge in [-0.05, 0) is 75.6 Å². The van der Waals surface area contributed by atoms with Gasteiger partial charge in [-0.3, -0.25) is 9.59 Å². The number of oxazole rings is 2. The van der Waals surface area contributed by atoms with E-state index in [9.17, 15) is 19.2 Å². The highest BCUT2D eigenvalue weighted by Crippen LogP contribution is 2.41. The average molecular weight is 787 g/mol. The van der Waals surface area contributed by atoms with Crippen molar-refractivity contribution < 1.29 is 37.5 Å². The molecule has 0 aliphatic carbocycles. The van der Waals surface area contributed by atoms with Crippen molar-refractivity contribution in [2.45, 2.75) is 71.6 Å². The number of benzene rings is 3. The molecular formula is C39H40BrN5O8. The van der Waals surface area contributed by atoms with Crippen molar-refractivity contribution >= 4 is 56.3 Å². The molecule has 3 heterocycles. The minimum atomic E-state index is -1.11. The highest BCUT2D eigenvalue weighted by Gasteiger charge is 2.37. The number of nitrogens with one attached hydrogen (secondary N) is 3. The molecule has 3 unspecified atom stereocenters. The zero-order valence-corrected chi connectivity index (χ0v) is 31.9. The molecule has 13 nitrogen and oxygen atoms in total. The maximum Gasteiger partial charge on any atom is 0.408 e. The number of nitrogens with zero attached hydrogens (tertiary/aromatic N) is 2. The molecule has 0 saturated heterocycles. The van der Waals surface area contributed by atoms with E-state index in [4.69, 9.17) is 18.3 Å². The topological polar surface area (TPSA) is 175 Å². The predicted octanol–water partition coefficient (Wildman–Crippen LogP) is 7.46. The molecule has 0 fully saturated rings. The maximum absolute atomic E-state index is 14.3. The fraction of sp³-hybridized carbons (Fsp3) is 0.333. The van der Waals surface area contributed by atoms with Gasteiger partial charge < -0.3 is 34.3 Å². The quantitative estimate of drug-likeness (QED) is 0.127. The summed E-state index contributed by atoms with van der Waals surface area (Å²) in [4.78, 5) is 61.5. The Kier molecular flexibility index (Phi) is 10.2. The van der Waals surface area contributed by atoms with Gasteiger partial charge in [0.25, 0.3) is 5.89 Å². The Morgan fingerprint density at radius 3 is 2.42 bits per heavy atom. The molecule has 3 N–H and O–H groups in total. The van der Waals surface area contributed by atoms with Crippen LogP contribution in [0.2, 0.25) is 0 Å². The number of hydrogen-bond donors (Lipinski definition) is 3. The number of carbonyl (C=O) groups is 4.